The first kappa shape index (κ1) is 40.6. The highest BCUT2D eigenvalue weighted by Crippen LogP contribution is 2.28. The molecule has 2 aromatic carbocycles. The lowest BCUT2D eigenvalue weighted by atomic mass is 9.98. The number of nitrogens with zero attached hydrogens (tertiary/aromatic N) is 1. The zero-order valence-electron chi connectivity index (χ0n) is 29.8. The van der Waals surface area contributed by atoms with Crippen LogP contribution in [0, 0.1) is 11.8 Å². The first-order valence-corrected chi connectivity index (χ1v) is 16.5. The molecule has 4 atom stereocenters. The van der Waals surface area contributed by atoms with Crippen LogP contribution in [-0.2, 0) is 32.0 Å². The van der Waals surface area contributed by atoms with Crippen molar-refractivity contribution in [3.63, 3.8) is 0 Å². The van der Waals surface area contributed by atoms with Gasteiger partial charge in [0.05, 0.1) is 39.6 Å². The summed E-state index contributed by atoms with van der Waals surface area (Å²) in [5.41, 5.74) is 4.41. The van der Waals surface area contributed by atoms with Crippen LogP contribution in [-0.4, -0.2) is 92.3 Å². The predicted molar refractivity (Wildman–Crippen MR) is 184 cm³/mol. The molecule has 2 rings (SSSR count). The van der Waals surface area contributed by atoms with Crippen molar-refractivity contribution in [3.8, 4) is 11.5 Å². The average Bonchev–Trinajstić information content (AvgIpc) is 3.05. The van der Waals surface area contributed by atoms with Crippen molar-refractivity contribution in [1.82, 2.24) is 26.4 Å². The van der Waals surface area contributed by atoms with E-state index < -0.39 is 48.2 Å². The van der Waals surface area contributed by atoms with E-state index in [1.54, 1.807) is 59.7 Å². The molecule has 0 spiro atoms. The number of hydrogen-bond donors (Lipinski definition) is 5. The fraction of sp³-hybridized carbons (Fsp3) is 0.543. The Morgan fingerprint density at radius 2 is 1.29 bits per heavy atom. The average molecular weight is 688 g/mol. The number of methoxy groups -OCH3 is 2. The van der Waals surface area contributed by atoms with Crippen LogP contribution in [0.1, 0.15) is 52.7 Å². The minimum Gasteiger partial charge on any atom is -0.493 e. The molecule has 0 fully saturated rings. The number of amides is 4. The van der Waals surface area contributed by atoms with Crippen LogP contribution in [0.3, 0.4) is 0 Å². The standard InChI is InChI=1S/C35H53N5O9/c1-9-48-34(44)37-30(22(3)4)32(42)36-26(18-24-14-12-11-13-15-24)27(41)21-40(20-25-16-17-28(46-7)29(19-25)47-8)39-33(43)31(23(5)6)38-35(45)49-10-2/h11-17,19,22-23,26-27,30-31,41H,9-10,18,20-21H2,1-8H3,(H,36,42)(H,37,44)(H,38,45)(H,39,43)/t26-,27-,30-,31-/m0/s1. The smallest absolute Gasteiger partial charge is 0.407 e. The molecule has 0 saturated carbocycles. The highest BCUT2D eigenvalue weighted by atomic mass is 16.6. The maximum atomic E-state index is 13.6. The Morgan fingerprint density at radius 1 is 0.735 bits per heavy atom. The molecule has 5 N–H and O–H groups in total. The number of aliphatic hydroxyl groups excluding tert-OH is 1. The Bertz CT molecular complexity index is 1340. The number of carbonyl (C=O) groups excluding carboxylic acids is 4. The van der Waals surface area contributed by atoms with E-state index in [9.17, 15) is 24.3 Å². The maximum absolute atomic E-state index is 13.6. The second-order valence-corrected chi connectivity index (χ2v) is 12.1. The van der Waals surface area contributed by atoms with E-state index >= 15 is 0 Å². The number of alkyl carbamates (subject to hydrolysis) is 2. The SMILES string of the molecule is CCOC(=O)N[C@H](C(=O)N[C@@H](Cc1ccccc1)[C@@H](O)CN(Cc1ccc(OC)c(OC)c1)NC(=O)[C@@H](NC(=O)OCC)C(C)C)C(C)C. The lowest BCUT2D eigenvalue weighted by Gasteiger charge is -2.33. The summed E-state index contributed by atoms with van der Waals surface area (Å²) in [4.78, 5) is 51.7. The van der Waals surface area contributed by atoms with Gasteiger partial charge in [-0.2, -0.15) is 0 Å². The number of carbonyl (C=O) groups is 4. The Balaban J connectivity index is 2.45. The van der Waals surface area contributed by atoms with Gasteiger partial charge in [0.15, 0.2) is 11.5 Å². The summed E-state index contributed by atoms with van der Waals surface area (Å²) in [7, 11) is 3.04. The van der Waals surface area contributed by atoms with Gasteiger partial charge in [-0.15, -0.1) is 0 Å². The van der Waals surface area contributed by atoms with Gasteiger partial charge in [-0.05, 0) is 55.4 Å². The predicted octanol–water partition coefficient (Wildman–Crippen LogP) is 3.17. The van der Waals surface area contributed by atoms with Crippen molar-refractivity contribution in [1.29, 1.82) is 0 Å². The quantitative estimate of drug-likeness (QED) is 0.138. The number of benzene rings is 2. The zero-order valence-corrected chi connectivity index (χ0v) is 29.8. The van der Waals surface area contributed by atoms with Crippen molar-refractivity contribution in [2.45, 2.75) is 78.7 Å². The van der Waals surface area contributed by atoms with Crippen molar-refractivity contribution >= 4 is 24.0 Å². The minimum atomic E-state index is -1.23. The van der Waals surface area contributed by atoms with Crippen LogP contribution in [0.5, 0.6) is 11.5 Å². The van der Waals surface area contributed by atoms with Crippen LogP contribution in [0.2, 0.25) is 0 Å². The molecule has 0 aliphatic carbocycles. The van der Waals surface area contributed by atoms with Gasteiger partial charge in [0, 0.05) is 13.1 Å². The first-order chi connectivity index (χ1) is 23.3. The second-order valence-electron chi connectivity index (χ2n) is 12.1. The Kier molecular flexibility index (Phi) is 17.2. The summed E-state index contributed by atoms with van der Waals surface area (Å²) in [6, 6.07) is 11.9. The molecule has 2 aromatic rings. The van der Waals surface area contributed by atoms with E-state index in [1.807, 2.05) is 30.3 Å². The van der Waals surface area contributed by atoms with Gasteiger partial charge in [0.2, 0.25) is 5.91 Å². The number of nitrogens with one attached hydrogen (secondary N) is 4. The molecule has 0 heterocycles. The van der Waals surface area contributed by atoms with E-state index in [0.717, 1.165) is 5.56 Å². The largest absolute Gasteiger partial charge is 0.493 e. The Hall–Kier alpha value is -4.56. The number of rotatable bonds is 19. The molecule has 0 saturated heterocycles. The molecular weight excluding hydrogens is 634 g/mol. The van der Waals surface area contributed by atoms with Gasteiger partial charge in [-0.1, -0.05) is 64.1 Å². The fourth-order valence-electron chi connectivity index (χ4n) is 5.02. The molecule has 0 aliphatic heterocycles. The summed E-state index contributed by atoms with van der Waals surface area (Å²) in [5, 5.41) is 21.4. The maximum Gasteiger partial charge on any atom is 0.407 e. The van der Waals surface area contributed by atoms with Gasteiger partial charge in [0.25, 0.3) is 5.91 Å². The lowest BCUT2D eigenvalue weighted by Crippen LogP contribution is -2.59. The summed E-state index contributed by atoms with van der Waals surface area (Å²) in [6.45, 7) is 10.7. The van der Waals surface area contributed by atoms with Gasteiger partial charge >= 0.3 is 12.2 Å². The number of hydrazine groups is 1. The molecule has 14 nitrogen and oxygen atoms in total. The van der Waals surface area contributed by atoms with E-state index in [-0.39, 0.29) is 44.6 Å². The lowest BCUT2D eigenvalue weighted by molar-refractivity contribution is -0.131. The van der Waals surface area contributed by atoms with Crippen LogP contribution < -0.4 is 30.8 Å². The van der Waals surface area contributed by atoms with Crippen molar-refractivity contribution in [3.05, 3.63) is 59.7 Å². The van der Waals surface area contributed by atoms with Gasteiger partial charge in [-0.3, -0.25) is 15.0 Å². The third kappa shape index (κ3) is 13.5. The van der Waals surface area contributed by atoms with Crippen molar-refractivity contribution in [2.75, 3.05) is 34.0 Å². The summed E-state index contributed by atoms with van der Waals surface area (Å²) in [5.74, 6) is -0.641. The topological polar surface area (TPSA) is 177 Å². The highest BCUT2D eigenvalue weighted by molar-refractivity contribution is 5.86. The first-order valence-electron chi connectivity index (χ1n) is 16.5. The Morgan fingerprint density at radius 3 is 1.80 bits per heavy atom. The molecule has 0 bridgehead atoms. The molecule has 49 heavy (non-hydrogen) atoms. The van der Waals surface area contributed by atoms with E-state index in [1.165, 1.54) is 19.2 Å². The normalized spacial score (nSPS) is 13.6. The van der Waals surface area contributed by atoms with Gasteiger partial charge < -0.3 is 40.0 Å². The van der Waals surface area contributed by atoms with E-state index in [0.29, 0.717) is 17.1 Å². The van der Waals surface area contributed by atoms with E-state index in [4.69, 9.17) is 18.9 Å². The monoisotopic (exact) mass is 687 g/mol. The molecular formula is C35H53N5O9. The van der Waals surface area contributed by atoms with Gasteiger partial charge in [-0.25, -0.2) is 14.6 Å². The fourth-order valence-corrected chi connectivity index (χ4v) is 5.02. The third-order valence-electron chi connectivity index (χ3n) is 7.58. The van der Waals surface area contributed by atoms with E-state index in [2.05, 4.69) is 21.4 Å². The van der Waals surface area contributed by atoms with Crippen LogP contribution in [0.15, 0.2) is 48.5 Å². The summed E-state index contributed by atoms with van der Waals surface area (Å²) >= 11 is 0. The summed E-state index contributed by atoms with van der Waals surface area (Å²) in [6.07, 6.45) is -2.44. The molecule has 14 heteroatoms. The zero-order chi connectivity index (χ0) is 36.5. The molecule has 0 unspecified atom stereocenters. The summed E-state index contributed by atoms with van der Waals surface area (Å²) < 4.78 is 20.8. The van der Waals surface area contributed by atoms with Gasteiger partial charge in [0.1, 0.15) is 12.1 Å². The third-order valence-corrected chi connectivity index (χ3v) is 7.58. The number of aliphatic hydroxyl groups is 1. The molecule has 0 aliphatic rings. The Labute approximate surface area is 289 Å². The molecule has 0 radical (unpaired) electrons. The molecule has 4 amide bonds. The molecule has 272 valence electrons. The number of hydrogen-bond acceptors (Lipinski definition) is 10. The number of ether oxygens (including phenoxy) is 4. The van der Waals surface area contributed by atoms with Crippen LogP contribution >= 0.6 is 0 Å². The van der Waals surface area contributed by atoms with Crippen molar-refractivity contribution < 1.29 is 43.2 Å². The van der Waals surface area contributed by atoms with Crippen molar-refractivity contribution in [2.24, 2.45) is 11.8 Å². The molecule has 0 aromatic heterocycles. The van der Waals surface area contributed by atoms with Crippen LogP contribution in [0.25, 0.3) is 0 Å². The highest BCUT2D eigenvalue weighted by Gasteiger charge is 2.32. The minimum absolute atomic E-state index is 0.110. The second kappa shape index (κ2) is 20.7. The van der Waals surface area contributed by atoms with Crippen LogP contribution in [0.4, 0.5) is 9.59 Å².